The van der Waals surface area contributed by atoms with Crippen molar-refractivity contribution in [2.45, 2.75) is 6.92 Å². The molecule has 0 N–H and O–H groups in total. The van der Waals surface area contributed by atoms with Crippen molar-refractivity contribution in [3.8, 4) is 5.75 Å². The van der Waals surface area contributed by atoms with Crippen LogP contribution in [0.1, 0.15) is 15.9 Å². The van der Waals surface area contributed by atoms with E-state index in [0.717, 1.165) is 0 Å². The van der Waals surface area contributed by atoms with E-state index in [9.17, 15) is 4.79 Å². The van der Waals surface area contributed by atoms with Gasteiger partial charge in [0.25, 0.3) is 0 Å². The molecule has 0 atom stereocenters. The molecule has 0 bridgehead atoms. The van der Waals surface area contributed by atoms with E-state index in [-0.39, 0.29) is 0 Å². The molecule has 0 heterocycles. The van der Waals surface area contributed by atoms with E-state index < -0.39 is 5.97 Å². The number of methoxy groups -OCH3 is 1. The van der Waals surface area contributed by atoms with Crippen molar-refractivity contribution in [3.05, 3.63) is 36.1 Å². The molecular formula is C11H11BNO3. The number of carbonyl (C=O) groups excluding carboxylic acids is 1. The molecule has 0 amide bonds. The van der Waals surface area contributed by atoms with Gasteiger partial charge < -0.3 is 0 Å². The van der Waals surface area contributed by atoms with Crippen LogP contribution in [-0.4, -0.2) is 20.7 Å². The molecular weight excluding hydrogens is 205 g/mol. The zero-order chi connectivity index (χ0) is 12.1. The van der Waals surface area contributed by atoms with Gasteiger partial charge in [-0.25, -0.2) is 0 Å². The Labute approximate surface area is 95.0 Å². The van der Waals surface area contributed by atoms with Crippen molar-refractivity contribution in [2.75, 3.05) is 7.11 Å². The number of benzene rings is 1. The second kappa shape index (κ2) is 5.25. The third kappa shape index (κ3) is 2.19. The number of hydrogen-bond acceptors (Lipinski definition) is 4. The molecule has 1 rings (SSSR count). The molecule has 0 saturated carbocycles. The van der Waals surface area contributed by atoms with Crippen LogP contribution < -0.4 is 4.74 Å². The molecule has 4 nitrogen and oxygen atoms in total. The van der Waals surface area contributed by atoms with Crippen molar-refractivity contribution in [1.29, 1.82) is 0 Å². The maximum absolute atomic E-state index is 11.4. The Morgan fingerprint density at radius 1 is 1.56 bits per heavy atom. The normalized spacial score (nSPS) is 9.31. The maximum atomic E-state index is 11.4. The van der Waals surface area contributed by atoms with E-state index in [1.165, 1.54) is 13.4 Å². The van der Waals surface area contributed by atoms with Crippen LogP contribution >= 0.6 is 0 Å². The fraction of sp³-hybridized carbons (Fsp3) is 0.182. The van der Waals surface area contributed by atoms with Crippen LogP contribution in [0.2, 0.25) is 0 Å². The predicted octanol–water partition coefficient (Wildman–Crippen LogP) is 2.29. The molecule has 1 radical (unpaired) electrons. The zero-order valence-electron chi connectivity index (χ0n) is 9.19. The SMILES string of the molecule is [B]=Nc1ccc(C(=O)OC)c(C)c1OC=C. The van der Waals surface area contributed by atoms with E-state index >= 15 is 0 Å². The van der Waals surface area contributed by atoms with E-state index in [1.54, 1.807) is 19.1 Å². The second-order valence-electron chi connectivity index (χ2n) is 2.99. The topological polar surface area (TPSA) is 47.9 Å². The van der Waals surface area contributed by atoms with Crippen LogP contribution in [0.3, 0.4) is 0 Å². The van der Waals surface area contributed by atoms with Crippen molar-refractivity contribution >= 4 is 19.3 Å². The Hall–Kier alpha value is -1.91. The van der Waals surface area contributed by atoms with Crippen LogP contribution in [0.5, 0.6) is 5.75 Å². The third-order valence-corrected chi connectivity index (χ3v) is 2.13. The van der Waals surface area contributed by atoms with Gasteiger partial charge in [-0.15, -0.1) is 0 Å². The van der Waals surface area contributed by atoms with E-state index in [2.05, 4.69) is 16.2 Å². The fourth-order valence-electron chi connectivity index (χ4n) is 1.34. The van der Waals surface area contributed by atoms with Gasteiger partial charge in [-0.05, 0) is 0 Å². The standard InChI is InChI=1S/C11H11BNO3/c1-4-16-10-7(2)8(11(14)15-3)5-6-9(10)13-12/h4-6H,1H2,2-3H3. The second-order valence-corrected chi connectivity index (χ2v) is 2.99. The molecule has 1 aromatic carbocycles. The first-order valence-corrected chi connectivity index (χ1v) is 4.56. The van der Waals surface area contributed by atoms with Gasteiger partial charge >= 0.3 is 94.3 Å². The van der Waals surface area contributed by atoms with Crippen LogP contribution in [0, 0.1) is 6.92 Å². The monoisotopic (exact) mass is 216 g/mol. The van der Waals surface area contributed by atoms with E-state index in [0.29, 0.717) is 22.6 Å². The molecule has 0 aliphatic carbocycles. The summed E-state index contributed by atoms with van der Waals surface area (Å²) in [6.45, 7) is 5.17. The summed E-state index contributed by atoms with van der Waals surface area (Å²) in [4.78, 5) is 15.0. The number of hydrogen-bond donors (Lipinski definition) is 0. The van der Waals surface area contributed by atoms with Crippen LogP contribution in [0.15, 0.2) is 29.9 Å². The first-order valence-electron chi connectivity index (χ1n) is 4.56. The molecule has 0 saturated heterocycles. The molecule has 0 aliphatic rings. The van der Waals surface area contributed by atoms with E-state index in [1.807, 2.05) is 0 Å². The van der Waals surface area contributed by atoms with Gasteiger partial charge in [0, 0.05) is 0 Å². The average molecular weight is 216 g/mol. The third-order valence-electron chi connectivity index (χ3n) is 2.13. The van der Waals surface area contributed by atoms with Crippen molar-refractivity contribution < 1.29 is 14.3 Å². The molecule has 0 fully saturated rings. The molecule has 5 heteroatoms. The summed E-state index contributed by atoms with van der Waals surface area (Å²) >= 11 is 0. The van der Waals surface area contributed by atoms with Gasteiger partial charge in [0.15, 0.2) is 0 Å². The summed E-state index contributed by atoms with van der Waals surface area (Å²) in [6, 6.07) is 3.17. The summed E-state index contributed by atoms with van der Waals surface area (Å²) in [5, 5.41) is 0. The van der Waals surface area contributed by atoms with Gasteiger partial charge in [-0.3, -0.25) is 0 Å². The Morgan fingerprint density at radius 2 is 2.25 bits per heavy atom. The summed E-state index contributed by atoms with van der Waals surface area (Å²) in [6.07, 6.45) is 1.25. The number of nitrogens with zero attached hydrogens (tertiary/aromatic N) is 1. The minimum atomic E-state index is -0.435. The van der Waals surface area contributed by atoms with Gasteiger partial charge in [0.1, 0.15) is 0 Å². The molecule has 1 aromatic rings. The van der Waals surface area contributed by atoms with Gasteiger partial charge in [-0.1, -0.05) is 0 Å². The van der Waals surface area contributed by atoms with Crippen LogP contribution in [0.4, 0.5) is 5.69 Å². The van der Waals surface area contributed by atoms with Crippen LogP contribution in [-0.2, 0) is 4.74 Å². The van der Waals surface area contributed by atoms with Crippen molar-refractivity contribution in [2.24, 2.45) is 4.90 Å². The summed E-state index contributed by atoms with van der Waals surface area (Å²) < 4.78 is 9.82. The van der Waals surface area contributed by atoms with E-state index in [4.69, 9.17) is 12.4 Å². The number of esters is 1. The Balaban J connectivity index is 3.36. The Bertz CT molecular complexity index is 443. The zero-order valence-corrected chi connectivity index (χ0v) is 9.19. The predicted molar refractivity (Wildman–Crippen MR) is 61.2 cm³/mol. The number of carbonyl (C=O) groups is 1. The van der Waals surface area contributed by atoms with Gasteiger partial charge in [-0.2, -0.15) is 0 Å². The van der Waals surface area contributed by atoms with Crippen LogP contribution in [0.25, 0.3) is 0 Å². The summed E-state index contributed by atoms with van der Waals surface area (Å²) in [5.41, 5.74) is 1.47. The quantitative estimate of drug-likeness (QED) is 0.440. The van der Waals surface area contributed by atoms with Gasteiger partial charge in [0.2, 0.25) is 0 Å². The Kier molecular flexibility index (Phi) is 3.99. The first-order chi connectivity index (χ1) is 7.65. The Morgan fingerprint density at radius 3 is 2.75 bits per heavy atom. The summed E-state index contributed by atoms with van der Waals surface area (Å²) in [5.74, 6) is -0.0321. The molecule has 0 spiro atoms. The molecule has 16 heavy (non-hydrogen) atoms. The minimum absolute atomic E-state index is 0.403. The van der Waals surface area contributed by atoms with Crippen molar-refractivity contribution in [1.82, 2.24) is 0 Å². The summed E-state index contributed by atoms with van der Waals surface area (Å²) in [7, 11) is 6.52. The molecule has 0 aromatic heterocycles. The molecule has 81 valence electrons. The van der Waals surface area contributed by atoms with Gasteiger partial charge in [0.05, 0.1) is 0 Å². The number of rotatable bonds is 4. The average Bonchev–Trinajstić information content (AvgIpc) is 2.31. The number of ether oxygens (including phenoxy) is 2. The molecule has 0 aliphatic heterocycles. The van der Waals surface area contributed by atoms with Crippen molar-refractivity contribution in [3.63, 3.8) is 0 Å². The fourth-order valence-corrected chi connectivity index (χ4v) is 1.34. The molecule has 0 unspecified atom stereocenters. The first kappa shape index (κ1) is 12.2.